The van der Waals surface area contributed by atoms with E-state index in [4.69, 9.17) is 4.74 Å². The van der Waals surface area contributed by atoms with E-state index in [9.17, 15) is 4.79 Å². The lowest BCUT2D eigenvalue weighted by atomic mass is 10.1. The van der Waals surface area contributed by atoms with Crippen molar-refractivity contribution >= 4 is 5.91 Å². The molecule has 0 aliphatic rings. The molecule has 0 atom stereocenters. The number of hydrogen-bond acceptors (Lipinski definition) is 3. The van der Waals surface area contributed by atoms with E-state index >= 15 is 0 Å². The Morgan fingerprint density at radius 2 is 1.78 bits per heavy atom. The van der Waals surface area contributed by atoms with Gasteiger partial charge >= 0.3 is 0 Å². The number of unbranched alkanes of at least 4 members (excludes halogenated alkanes) is 5. The summed E-state index contributed by atoms with van der Waals surface area (Å²) in [5.74, 6) is 0.485. The predicted octanol–water partition coefficient (Wildman–Crippen LogP) is 4.84. The van der Waals surface area contributed by atoms with Crippen LogP contribution in [-0.4, -0.2) is 22.3 Å². The molecule has 0 aliphatic carbocycles. The third-order valence-corrected chi connectivity index (χ3v) is 4.25. The molecule has 1 heterocycles. The lowest BCUT2D eigenvalue weighted by molar-refractivity contribution is -0.118. The van der Waals surface area contributed by atoms with Crippen LogP contribution in [-0.2, 0) is 4.79 Å². The zero-order valence-corrected chi connectivity index (χ0v) is 16.6. The molecule has 0 bridgehead atoms. The molecule has 5 heteroatoms. The number of hydrogen-bond donors (Lipinski definition) is 0. The summed E-state index contributed by atoms with van der Waals surface area (Å²) in [7, 11) is 0. The SMILES string of the molecule is CCCCCCCCOc1cc(=NC(=O)CCC)cnn1-c1ccccc1. The Morgan fingerprint density at radius 1 is 1.04 bits per heavy atom. The molecule has 1 aromatic carbocycles. The predicted molar refractivity (Wildman–Crippen MR) is 108 cm³/mol. The van der Waals surface area contributed by atoms with Gasteiger partial charge in [-0.15, -0.1) is 0 Å². The van der Waals surface area contributed by atoms with Crippen LogP contribution in [0.15, 0.2) is 47.6 Å². The van der Waals surface area contributed by atoms with Crippen LogP contribution in [0.3, 0.4) is 0 Å². The van der Waals surface area contributed by atoms with Crippen molar-refractivity contribution in [1.82, 2.24) is 9.78 Å². The van der Waals surface area contributed by atoms with Crippen LogP contribution in [0, 0.1) is 0 Å². The standard InChI is InChI=1S/C22H31N3O2/c1-3-5-6-7-8-12-16-27-22-17-19(24-21(26)13-4-2)18-23-25(22)20-14-10-9-11-15-20/h9-11,14-15,17-18H,3-8,12-13,16H2,1-2H3. The van der Waals surface area contributed by atoms with Gasteiger partial charge in [0.1, 0.15) is 0 Å². The van der Waals surface area contributed by atoms with Gasteiger partial charge in [-0.2, -0.15) is 5.10 Å². The Kier molecular flexibility index (Phi) is 9.31. The summed E-state index contributed by atoms with van der Waals surface area (Å²) < 4.78 is 7.76. The molecular formula is C22H31N3O2. The monoisotopic (exact) mass is 369 g/mol. The first-order valence-corrected chi connectivity index (χ1v) is 10.1. The van der Waals surface area contributed by atoms with Crippen LogP contribution >= 0.6 is 0 Å². The molecule has 0 radical (unpaired) electrons. The maximum Gasteiger partial charge on any atom is 0.246 e. The van der Waals surface area contributed by atoms with E-state index in [1.807, 2.05) is 37.3 Å². The lowest BCUT2D eigenvalue weighted by Crippen LogP contribution is -2.15. The van der Waals surface area contributed by atoms with Crippen molar-refractivity contribution in [3.8, 4) is 11.6 Å². The fourth-order valence-electron chi connectivity index (χ4n) is 2.80. The minimum absolute atomic E-state index is 0.126. The molecule has 0 aliphatic heterocycles. The summed E-state index contributed by atoms with van der Waals surface area (Å²) >= 11 is 0. The first-order chi connectivity index (χ1) is 13.2. The van der Waals surface area contributed by atoms with E-state index in [1.165, 1.54) is 25.7 Å². The van der Waals surface area contributed by atoms with Gasteiger partial charge < -0.3 is 4.74 Å². The zero-order chi connectivity index (χ0) is 19.3. The van der Waals surface area contributed by atoms with E-state index in [0.717, 1.165) is 24.9 Å². The van der Waals surface area contributed by atoms with Crippen LogP contribution in [0.4, 0.5) is 0 Å². The quantitative estimate of drug-likeness (QED) is 0.533. The number of aromatic nitrogens is 2. The minimum Gasteiger partial charge on any atom is -0.478 e. The van der Waals surface area contributed by atoms with Gasteiger partial charge in [-0.25, -0.2) is 9.67 Å². The smallest absolute Gasteiger partial charge is 0.246 e. The third kappa shape index (κ3) is 7.37. The van der Waals surface area contributed by atoms with Crippen LogP contribution in [0.25, 0.3) is 5.69 Å². The van der Waals surface area contributed by atoms with Gasteiger partial charge in [0.05, 0.1) is 23.8 Å². The fourth-order valence-corrected chi connectivity index (χ4v) is 2.80. The van der Waals surface area contributed by atoms with E-state index in [0.29, 0.717) is 24.3 Å². The number of para-hydroxylation sites is 1. The van der Waals surface area contributed by atoms with Gasteiger partial charge in [-0.05, 0) is 25.0 Å². The molecule has 0 spiro atoms. The van der Waals surface area contributed by atoms with Gasteiger partial charge in [-0.3, -0.25) is 4.79 Å². The Hall–Kier alpha value is -2.43. The molecule has 146 valence electrons. The number of carbonyl (C=O) groups is 1. The largest absolute Gasteiger partial charge is 0.478 e. The third-order valence-electron chi connectivity index (χ3n) is 4.25. The maximum atomic E-state index is 11.8. The van der Waals surface area contributed by atoms with Gasteiger partial charge in [-0.1, -0.05) is 64.2 Å². The van der Waals surface area contributed by atoms with E-state index in [-0.39, 0.29) is 5.91 Å². The normalized spacial score (nSPS) is 11.6. The first-order valence-electron chi connectivity index (χ1n) is 10.1. The van der Waals surface area contributed by atoms with Gasteiger partial charge in [0.25, 0.3) is 0 Å². The Bertz CT molecular complexity index is 754. The van der Waals surface area contributed by atoms with Gasteiger partial charge in [0.15, 0.2) is 0 Å². The van der Waals surface area contributed by atoms with Crippen molar-refractivity contribution in [2.24, 2.45) is 4.99 Å². The molecule has 0 saturated carbocycles. The number of amides is 1. The zero-order valence-electron chi connectivity index (χ0n) is 16.6. The van der Waals surface area contributed by atoms with E-state index in [1.54, 1.807) is 16.9 Å². The number of benzene rings is 1. The summed E-state index contributed by atoms with van der Waals surface area (Å²) in [6, 6.07) is 11.6. The summed E-state index contributed by atoms with van der Waals surface area (Å²) in [5.41, 5.74) is 0.918. The highest BCUT2D eigenvalue weighted by molar-refractivity contribution is 5.76. The van der Waals surface area contributed by atoms with E-state index < -0.39 is 0 Å². The molecule has 0 saturated heterocycles. The Morgan fingerprint density at radius 3 is 2.52 bits per heavy atom. The fraction of sp³-hybridized carbons (Fsp3) is 0.500. The summed E-state index contributed by atoms with van der Waals surface area (Å²) in [6.07, 6.45) is 10.1. The molecule has 1 amide bonds. The van der Waals surface area contributed by atoms with Crippen molar-refractivity contribution in [3.05, 3.63) is 48.0 Å². The van der Waals surface area contributed by atoms with E-state index in [2.05, 4.69) is 17.0 Å². The molecule has 0 unspecified atom stereocenters. The molecule has 1 aromatic heterocycles. The molecule has 5 nitrogen and oxygen atoms in total. The summed E-state index contributed by atoms with van der Waals surface area (Å²) in [4.78, 5) is 15.9. The van der Waals surface area contributed by atoms with Crippen LogP contribution in [0.1, 0.15) is 65.2 Å². The van der Waals surface area contributed by atoms with Crippen molar-refractivity contribution in [1.29, 1.82) is 0 Å². The average molecular weight is 370 g/mol. The lowest BCUT2D eigenvalue weighted by Gasteiger charge is -2.13. The Balaban J connectivity index is 2.11. The second-order valence-electron chi connectivity index (χ2n) is 6.67. The molecule has 27 heavy (non-hydrogen) atoms. The number of carbonyl (C=O) groups excluding carboxylic acids is 1. The van der Waals surface area contributed by atoms with Crippen molar-refractivity contribution in [2.45, 2.75) is 65.2 Å². The second-order valence-corrected chi connectivity index (χ2v) is 6.67. The topological polar surface area (TPSA) is 56.5 Å². The average Bonchev–Trinajstić information content (AvgIpc) is 2.68. The molecule has 2 rings (SSSR count). The summed E-state index contributed by atoms with van der Waals surface area (Å²) in [5, 5.41) is 4.99. The molecule has 2 aromatic rings. The van der Waals surface area contributed by atoms with Gasteiger partial charge in [0, 0.05) is 12.5 Å². The van der Waals surface area contributed by atoms with Crippen LogP contribution in [0.2, 0.25) is 0 Å². The number of nitrogens with zero attached hydrogens (tertiary/aromatic N) is 3. The van der Waals surface area contributed by atoms with Crippen LogP contribution < -0.4 is 10.1 Å². The Labute approximate surface area is 162 Å². The van der Waals surface area contributed by atoms with Crippen molar-refractivity contribution in [3.63, 3.8) is 0 Å². The minimum atomic E-state index is -0.126. The highest BCUT2D eigenvalue weighted by atomic mass is 16.5. The molecular weight excluding hydrogens is 338 g/mol. The highest BCUT2D eigenvalue weighted by Gasteiger charge is 2.06. The molecule has 0 fully saturated rings. The maximum absolute atomic E-state index is 11.8. The highest BCUT2D eigenvalue weighted by Crippen LogP contribution is 2.15. The summed E-state index contributed by atoms with van der Waals surface area (Å²) in [6.45, 7) is 4.82. The van der Waals surface area contributed by atoms with Crippen molar-refractivity contribution < 1.29 is 9.53 Å². The number of ether oxygens (including phenoxy) is 1. The second kappa shape index (κ2) is 12.0. The van der Waals surface area contributed by atoms with Gasteiger partial charge in [0.2, 0.25) is 11.8 Å². The first kappa shape index (κ1) is 20.9. The van der Waals surface area contributed by atoms with Crippen LogP contribution in [0.5, 0.6) is 5.88 Å². The van der Waals surface area contributed by atoms with Crippen molar-refractivity contribution in [2.75, 3.05) is 6.61 Å². The number of rotatable bonds is 11. The molecule has 0 N–H and O–H groups in total.